The van der Waals surface area contributed by atoms with E-state index in [9.17, 15) is 18.0 Å². The molecule has 35 heavy (non-hydrogen) atoms. The summed E-state index contributed by atoms with van der Waals surface area (Å²) in [4.78, 5) is 28.1. The zero-order valence-electron chi connectivity index (χ0n) is 19.8. The number of furan rings is 1. The summed E-state index contributed by atoms with van der Waals surface area (Å²) < 4.78 is 38.3. The number of sulfonamides is 1. The maximum absolute atomic E-state index is 13.5. The highest BCUT2D eigenvalue weighted by Gasteiger charge is 2.34. The molecule has 0 spiro atoms. The molecule has 1 heterocycles. The van der Waals surface area contributed by atoms with E-state index in [1.165, 1.54) is 30.4 Å². The number of nitrogens with zero attached hydrogens (tertiary/aromatic N) is 1. The minimum absolute atomic E-state index is 0.0392. The van der Waals surface area contributed by atoms with Gasteiger partial charge in [-0.25, -0.2) is 13.1 Å². The van der Waals surface area contributed by atoms with E-state index >= 15 is 0 Å². The highest BCUT2D eigenvalue weighted by Crippen LogP contribution is 2.26. The third-order valence-electron chi connectivity index (χ3n) is 5.26. The molecule has 1 aromatic heterocycles. The van der Waals surface area contributed by atoms with Gasteiger partial charge in [-0.15, -0.1) is 0 Å². The SMILES string of the molecule is COc1cccc(N(C(=O)CNS(=O)(=O)c2ccccc2)[C@@H](C(=O)NCc2ccco2)C(C)C)c1. The molecule has 0 fully saturated rings. The van der Waals surface area contributed by atoms with Crippen molar-refractivity contribution in [3.05, 3.63) is 78.8 Å². The van der Waals surface area contributed by atoms with Crippen molar-refractivity contribution >= 4 is 27.5 Å². The van der Waals surface area contributed by atoms with Gasteiger partial charge in [-0.2, -0.15) is 0 Å². The fourth-order valence-electron chi connectivity index (χ4n) is 3.56. The van der Waals surface area contributed by atoms with Gasteiger partial charge in [0.05, 0.1) is 31.4 Å². The van der Waals surface area contributed by atoms with E-state index < -0.39 is 34.4 Å². The molecule has 2 amide bonds. The van der Waals surface area contributed by atoms with Gasteiger partial charge >= 0.3 is 0 Å². The Kier molecular flexibility index (Phi) is 8.67. The average Bonchev–Trinajstić information content (AvgIpc) is 3.38. The lowest BCUT2D eigenvalue weighted by atomic mass is 10.00. The van der Waals surface area contributed by atoms with Gasteiger partial charge in [-0.1, -0.05) is 38.1 Å². The summed E-state index contributed by atoms with van der Waals surface area (Å²) in [5.74, 6) is -0.241. The van der Waals surface area contributed by atoms with Crippen LogP contribution in [0.3, 0.4) is 0 Å². The smallest absolute Gasteiger partial charge is 0.243 e. The lowest BCUT2D eigenvalue weighted by molar-refractivity contribution is -0.127. The average molecular weight is 500 g/mol. The number of benzene rings is 2. The van der Waals surface area contributed by atoms with Crippen molar-refractivity contribution in [3.8, 4) is 5.75 Å². The largest absolute Gasteiger partial charge is 0.497 e. The summed E-state index contributed by atoms with van der Waals surface area (Å²) in [6.45, 7) is 3.23. The number of carbonyl (C=O) groups is 2. The number of methoxy groups -OCH3 is 1. The number of ether oxygens (including phenoxy) is 1. The molecule has 0 aliphatic carbocycles. The highest BCUT2D eigenvalue weighted by atomic mass is 32.2. The summed E-state index contributed by atoms with van der Waals surface area (Å²) in [6.07, 6.45) is 1.51. The molecular weight excluding hydrogens is 470 g/mol. The quantitative estimate of drug-likeness (QED) is 0.419. The number of rotatable bonds is 11. The van der Waals surface area contributed by atoms with Crippen LogP contribution in [0, 0.1) is 5.92 Å². The lowest BCUT2D eigenvalue weighted by Gasteiger charge is -2.33. The molecule has 2 N–H and O–H groups in total. The number of carbonyl (C=O) groups excluding carboxylic acids is 2. The lowest BCUT2D eigenvalue weighted by Crippen LogP contribution is -2.54. The van der Waals surface area contributed by atoms with Crippen molar-refractivity contribution in [2.75, 3.05) is 18.6 Å². The number of amides is 2. The maximum Gasteiger partial charge on any atom is 0.243 e. The van der Waals surface area contributed by atoms with Gasteiger partial charge in [0.25, 0.3) is 0 Å². The Hall–Kier alpha value is -3.63. The minimum atomic E-state index is -3.93. The van der Waals surface area contributed by atoms with Gasteiger partial charge in [0.15, 0.2) is 0 Å². The van der Waals surface area contributed by atoms with Crippen LogP contribution in [0.25, 0.3) is 0 Å². The second-order valence-electron chi connectivity index (χ2n) is 8.09. The predicted octanol–water partition coefficient (Wildman–Crippen LogP) is 2.94. The van der Waals surface area contributed by atoms with Crippen LogP contribution in [0.5, 0.6) is 5.75 Å². The van der Waals surface area contributed by atoms with Crippen LogP contribution in [0.2, 0.25) is 0 Å². The first-order valence-electron chi connectivity index (χ1n) is 11.0. The van der Waals surface area contributed by atoms with Crippen LogP contribution in [0.1, 0.15) is 19.6 Å². The summed E-state index contributed by atoms with van der Waals surface area (Å²) in [5.41, 5.74) is 0.403. The fourth-order valence-corrected chi connectivity index (χ4v) is 4.55. The van der Waals surface area contributed by atoms with Crippen LogP contribution < -0.4 is 19.7 Å². The molecule has 3 aromatic rings. The molecule has 186 valence electrons. The predicted molar refractivity (Wildman–Crippen MR) is 131 cm³/mol. The van der Waals surface area contributed by atoms with Crippen LogP contribution in [-0.2, 0) is 26.2 Å². The van der Waals surface area contributed by atoms with E-state index in [0.717, 1.165) is 0 Å². The molecule has 2 aromatic carbocycles. The first-order valence-corrected chi connectivity index (χ1v) is 12.5. The molecular formula is C25H29N3O6S. The van der Waals surface area contributed by atoms with E-state index in [4.69, 9.17) is 9.15 Å². The van der Waals surface area contributed by atoms with Crippen LogP contribution in [0.15, 0.2) is 82.3 Å². The number of hydrogen-bond acceptors (Lipinski definition) is 6. The summed E-state index contributed by atoms with van der Waals surface area (Å²) >= 11 is 0. The van der Waals surface area contributed by atoms with Crippen LogP contribution >= 0.6 is 0 Å². The third kappa shape index (κ3) is 6.71. The van der Waals surface area contributed by atoms with Crippen molar-refractivity contribution in [1.29, 1.82) is 0 Å². The monoisotopic (exact) mass is 499 g/mol. The second-order valence-corrected chi connectivity index (χ2v) is 9.86. The molecule has 0 radical (unpaired) electrons. The molecule has 10 heteroatoms. The molecule has 0 aliphatic rings. The zero-order valence-corrected chi connectivity index (χ0v) is 20.6. The van der Waals surface area contributed by atoms with E-state index in [1.54, 1.807) is 54.6 Å². The summed E-state index contributed by atoms with van der Waals surface area (Å²) in [7, 11) is -2.43. The van der Waals surface area contributed by atoms with Gasteiger partial charge in [0, 0.05) is 11.8 Å². The zero-order chi connectivity index (χ0) is 25.4. The maximum atomic E-state index is 13.5. The van der Waals surface area contributed by atoms with Gasteiger partial charge in [0.1, 0.15) is 17.6 Å². The van der Waals surface area contributed by atoms with Crippen molar-refractivity contribution in [3.63, 3.8) is 0 Å². The third-order valence-corrected chi connectivity index (χ3v) is 6.68. The molecule has 0 saturated heterocycles. The summed E-state index contributed by atoms with van der Waals surface area (Å²) in [6, 6.07) is 17.0. The van der Waals surface area contributed by atoms with Crippen molar-refractivity contribution in [1.82, 2.24) is 10.0 Å². The Bertz CT molecular complexity index is 1230. The molecule has 0 bridgehead atoms. The second kappa shape index (κ2) is 11.7. The van der Waals surface area contributed by atoms with E-state index in [2.05, 4.69) is 10.0 Å². The molecule has 0 aliphatic heterocycles. The van der Waals surface area contributed by atoms with E-state index in [1.807, 2.05) is 13.8 Å². The standard InChI is InChI=1S/C25H29N3O6S/c1-18(2)24(25(30)26-16-21-11-8-14-34-21)28(19-9-7-10-20(15-19)33-3)23(29)17-27-35(31,32)22-12-5-4-6-13-22/h4-15,18,24,27H,16-17H2,1-3H3,(H,26,30)/t24-/m1/s1. The van der Waals surface area contributed by atoms with Crippen molar-refractivity contribution in [2.24, 2.45) is 5.92 Å². The normalized spacial score (nSPS) is 12.2. The van der Waals surface area contributed by atoms with Gasteiger partial charge in [0.2, 0.25) is 21.8 Å². The Morgan fingerprint density at radius 3 is 2.40 bits per heavy atom. The Labute approximate surface area is 205 Å². The summed E-state index contributed by atoms with van der Waals surface area (Å²) in [5, 5.41) is 2.80. The molecule has 1 atom stereocenters. The molecule has 0 unspecified atom stereocenters. The fraction of sp³-hybridized carbons (Fsp3) is 0.280. The topological polar surface area (TPSA) is 118 Å². The number of hydrogen-bond donors (Lipinski definition) is 2. The minimum Gasteiger partial charge on any atom is -0.497 e. The van der Waals surface area contributed by atoms with Crippen molar-refractivity contribution in [2.45, 2.75) is 31.3 Å². The Morgan fingerprint density at radius 1 is 1.03 bits per heavy atom. The highest BCUT2D eigenvalue weighted by molar-refractivity contribution is 7.89. The molecule has 3 rings (SSSR count). The van der Waals surface area contributed by atoms with Crippen LogP contribution in [0.4, 0.5) is 5.69 Å². The van der Waals surface area contributed by atoms with E-state index in [0.29, 0.717) is 17.2 Å². The first-order chi connectivity index (χ1) is 16.7. The number of anilines is 1. The molecule has 9 nitrogen and oxygen atoms in total. The van der Waals surface area contributed by atoms with Crippen molar-refractivity contribution < 1.29 is 27.2 Å². The Balaban J connectivity index is 1.89. The molecule has 0 saturated carbocycles. The van der Waals surface area contributed by atoms with Gasteiger partial charge in [-0.05, 0) is 42.3 Å². The van der Waals surface area contributed by atoms with Crippen LogP contribution in [-0.4, -0.2) is 39.9 Å². The van der Waals surface area contributed by atoms with Gasteiger partial charge < -0.3 is 14.5 Å². The van der Waals surface area contributed by atoms with E-state index in [-0.39, 0.29) is 17.4 Å². The van der Waals surface area contributed by atoms with Gasteiger partial charge in [-0.3, -0.25) is 14.5 Å². The number of nitrogens with one attached hydrogen (secondary N) is 2. The first kappa shape index (κ1) is 26.0. The Morgan fingerprint density at radius 2 is 1.77 bits per heavy atom.